The van der Waals surface area contributed by atoms with E-state index in [0.29, 0.717) is 11.8 Å². The molecule has 0 saturated carbocycles. The van der Waals surface area contributed by atoms with Crippen LogP contribution in [0.25, 0.3) is 0 Å². The van der Waals surface area contributed by atoms with Gasteiger partial charge in [0.25, 0.3) is 0 Å². The summed E-state index contributed by atoms with van der Waals surface area (Å²) in [7, 11) is 0. The quantitative estimate of drug-likeness (QED) is 0.900. The summed E-state index contributed by atoms with van der Waals surface area (Å²) in [5, 5.41) is 11.3. The second-order valence-electron chi connectivity index (χ2n) is 5.62. The number of aliphatic hydroxyl groups excluding tert-OH is 1. The van der Waals surface area contributed by atoms with E-state index in [2.05, 4.69) is 13.8 Å². The molecule has 3 rings (SSSR count). The minimum atomic E-state index is -0.584. The molecule has 1 aliphatic carbocycles. The van der Waals surface area contributed by atoms with Gasteiger partial charge in [-0.1, -0.05) is 44.2 Å². The van der Waals surface area contributed by atoms with Gasteiger partial charge in [0.1, 0.15) is 11.1 Å². The summed E-state index contributed by atoms with van der Waals surface area (Å²) in [6, 6.07) is 9.79. The molecular weight excluding hydrogens is 254 g/mol. The molecule has 1 N–H and O–H groups in total. The molecule has 100 valence electrons. The number of aromatic nitrogens is 1. The van der Waals surface area contributed by atoms with Gasteiger partial charge in [-0.25, -0.2) is 4.98 Å². The van der Waals surface area contributed by atoms with Crippen LogP contribution >= 0.6 is 11.3 Å². The average Bonchev–Trinajstić information content (AvgIpc) is 2.83. The number of benzene rings is 1. The van der Waals surface area contributed by atoms with Crippen molar-refractivity contribution in [3.8, 4) is 0 Å². The highest BCUT2D eigenvalue weighted by atomic mass is 32.1. The molecule has 1 aromatic carbocycles. The molecule has 0 bridgehead atoms. The van der Waals surface area contributed by atoms with Crippen molar-refractivity contribution in [3.63, 3.8) is 0 Å². The standard InChI is InChI=1S/C16H19NOS/c1-10-8-11(2)15-13(9-10)17-16(19-15)14(18)12-6-4-3-5-7-12/h3-7,10-11,14,18H,8-9H2,1-2H3. The minimum Gasteiger partial charge on any atom is -0.381 e. The molecule has 0 radical (unpaired) electrons. The first-order valence-electron chi connectivity index (χ1n) is 6.87. The summed E-state index contributed by atoms with van der Waals surface area (Å²) in [6.45, 7) is 4.55. The fourth-order valence-electron chi connectivity index (χ4n) is 2.93. The van der Waals surface area contributed by atoms with Crippen LogP contribution < -0.4 is 0 Å². The lowest BCUT2D eigenvalue weighted by Crippen LogP contribution is -2.13. The third-order valence-corrected chi connectivity index (χ3v) is 5.22. The van der Waals surface area contributed by atoms with Gasteiger partial charge in [-0.3, -0.25) is 0 Å². The van der Waals surface area contributed by atoms with Gasteiger partial charge >= 0.3 is 0 Å². The van der Waals surface area contributed by atoms with Crippen LogP contribution in [0.5, 0.6) is 0 Å². The highest BCUT2D eigenvalue weighted by Gasteiger charge is 2.27. The van der Waals surface area contributed by atoms with E-state index in [9.17, 15) is 5.11 Å². The smallest absolute Gasteiger partial charge is 0.131 e. The number of aliphatic hydroxyl groups is 1. The van der Waals surface area contributed by atoms with Crippen molar-refractivity contribution < 1.29 is 5.11 Å². The van der Waals surface area contributed by atoms with Crippen molar-refractivity contribution in [2.24, 2.45) is 5.92 Å². The number of fused-ring (bicyclic) bond motifs is 1. The summed E-state index contributed by atoms with van der Waals surface area (Å²) in [6.07, 6.45) is 1.70. The van der Waals surface area contributed by atoms with Crippen molar-refractivity contribution in [1.29, 1.82) is 0 Å². The number of rotatable bonds is 2. The molecule has 0 aliphatic heterocycles. The maximum absolute atomic E-state index is 10.4. The summed E-state index contributed by atoms with van der Waals surface area (Å²) < 4.78 is 0. The van der Waals surface area contributed by atoms with Gasteiger partial charge in [0, 0.05) is 4.88 Å². The van der Waals surface area contributed by atoms with Gasteiger partial charge in [-0.15, -0.1) is 11.3 Å². The maximum Gasteiger partial charge on any atom is 0.131 e. The number of hydrogen-bond donors (Lipinski definition) is 1. The Hall–Kier alpha value is -1.19. The molecule has 1 aliphatic rings. The molecule has 3 atom stereocenters. The topological polar surface area (TPSA) is 33.1 Å². The van der Waals surface area contributed by atoms with Gasteiger partial charge < -0.3 is 5.11 Å². The van der Waals surface area contributed by atoms with Crippen LogP contribution in [0.4, 0.5) is 0 Å². The average molecular weight is 273 g/mol. The number of hydrogen-bond acceptors (Lipinski definition) is 3. The third kappa shape index (κ3) is 2.45. The van der Waals surface area contributed by atoms with Crippen LogP contribution in [0.1, 0.15) is 53.4 Å². The van der Waals surface area contributed by atoms with Gasteiger partial charge in [0.15, 0.2) is 0 Å². The number of nitrogens with zero attached hydrogens (tertiary/aromatic N) is 1. The van der Waals surface area contributed by atoms with Crippen LogP contribution in [0, 0.1) is 5.92 Å². The molecule has 3 unspecified atom stereocenters. The van der Waals surface area contributed by atoms with Crippen LogP contribution in [-0.4, -0.2) is 10.1 Å². The Balaban J connectivity index is 1.93. The lowest BCUT2D eigenvalue weighted by molar-refractivity contribution is 0.219. The molecule has 19 heavy (non-hydrogen) atoms. The highest BCUT2D eigenvalue weighted by molar-refractivity contribution is 7.12. The Morgan fingerprint density at radius 3 is 2.74 bits per heavy atom. The maximum atomic E-state index is 10.4. The molecule has 2 nitrogen and oxygen atoms in total. The SMILES string of the molecule is CC1Cc2nc(C(O)c3ccccc3)sc2C(C)C1. The molecule has 3 heteroatoms. The predicted octanol–water partition coefficient (Wildman–Crippen LogP) is 3.91. The van der Waals surface area contributed by atoms with Crippen LogP contribution in [-0.2, 0) is 6.42 Å². The Kier molecular flexibility index (Phi) is 3.42. The predicted molar refractivity (Wildman–Crippen MR) is 78.5 cm³/mol. The Labute approximate surface area is 118 Å². The molecule has 0 saturated heterocycles. The number of thiazole rings is 1. The van der Waals surface area contributed by atoms with Gasteiger partial charge in [-0.05, 0) is 30.2 Å². The zero-order valence-corrected chi connectivity index (χ0v) is 12.2. The van der Waals surface area contributed by atoms with E-state index in [4.69, 9.17) is 4.98 Å². The second-order valence-corrected chi connectivity index (χ2v) is 6.68. The molecule has 0 spiro atoms. The summed E-state index contributed by atoms with van der Waals surface area (Å²) in [5.74, 6) is 1.28. The molecule has 0 amide bonds. The van der Waals surface area contributed by atoms with E-state index in [1.54, 1.807) is 11.3 Å². The monoisotopic (exact) mass is 273 g/mol. The van der Waals surface area contributed by atoms with Crippen molar-refractivity contribution in [3.05, 3.63) is 51.5 Å². The van der Waals surface area contributed by atoms with Gasteiger partial charge in [0.2, 0.25) is 0 Å². The van der Waals surface area contributed by atoms with Crippen molar-refractivity contribution in [2.45, 2.75) is 38.7 Å². The van der Waals surface area contributed by atoms with E-state index in [0.717, 1.165) is 17.0 Å². The van der Waals surface area contributed by atoms with E-state index < -0.39 is 6.10 Å². The lowest BCUT2D eigenvalue weighted by Gasteiger charge is -2.22. The van der Waals surface area contributed by atoms with Crippen molar-refractivity contribution in [1.82, 2.24) is 4.98 Å². The van der Waals surface area contributed by atoms with E-state index >= 15 is 0 Å². The Morgan fingerprint density at radius 1 is 1.26 bits per heavy atom. The minimum absolute atomic E-state index is 0.577. The van der Waals surface area contributed by atoms with E-state index in [1.165, 1.54) is 17.0 Å². The van der Waals surface area contributed by atoms with Crippen molar-refractivity contribution in [2.75, 3.05) is 0 Å². The Bertz CT molecular complexity index is 563. The fourth-order valence-corrected chi connectivity index (χ4v) is 4.11. The summed E-state index contributed by atoms with van der Waals surface area (Å²) in [5.41, 5.74) is 2.13. The molecule has 1 heterocycles. The molecule has 2 aromatic rings. The molecular formula is C16H19NOS. The Morgan fingerprint density at radius 2 is 2.00 bits per heavy atom. The highest BCUT2D eigenvalue weighted by Crippen LogP contribution is 2.40. The van der Waals surface area contributed by atoms with Crippen LogP contribution in [0.2, 0.25) is 0 Å². The van der Waals surface area contributed by atoms with E-state index in [-0.39, 0.29) is 0 Å². The fraction of sp³-hybridized carbons (Fsp3) is 0.438. The largest absolute Gasteiger partial charge is 0.381 e. The zero-order valence-electron chi connectivity index (χ0n) is 11.3. The van der Waals surface area contributed by atoms with Gasteiger partial charge in [0.05, 0.1) is 5.69 Å². The summed E-state index contributed by atoms with van der Waals surface area (Å²) in [4.78, 5) is 6.07. The summed E-state index contributed by atoms with van der Waals surface area (Å²) >= 11 is 1.69. The van der Waals surface area contributed by atoms with Crippen LogP contribution in [0.15, 0.2) is 30.3 Å². The molecule has 0 fully saturated rings. The van der Waals surface area contributed by atoms with Gasteiger partial charge in [-0.2, -0.15) is 0 Å². The first-order valence-corrected chi connectivity index (χ1v) is 7.69. The lowest BCUT2D eigenvalue weighted by atomic mass is 9.86. The zero-order chi connectivity index (χ0) is 13.4. The van der Waals surface area contributed by atoms with E-state index in [1.807, 2.05) is 30.3 Å². The normalized spacial score (nSPS) is 23.9. The third-order valence-electron chi connectivity index (χ3n) is 3.84. The second kappa shape index (κ2) is 5.06. The van der Waals surface area contributed by atoms with Crippen LogP contribution in [0.3, 0.4) is 0 Å². The first kappa shape index (κ1) is 12.8. The molecule has 1 aromatic heterocycles. The van der Waals surface area contributed by atoms with Crippen molar-refractivity contribution >= 4 is 11.3 Å². The first-order chi connectivity index (χ1) is 9.15.